The lowest BCUT2D eigenvalue weighted by molar-refractivity contribution is 0.249. The van der Waals surface area contributed by atoms with E-state index in [1.807, 2.05) is 0 Å². The average molecular weight is 311 g/mol. The van der Waals surface area contributed by atoms with Crippen molar-refractivity contribution < 1.29 is 13.6 Å². The molecule has 2 amide bonds. The smallest absolute Gasteiger partial charge is 0.319 e. The number of urea groups is 1. The van der Waals surface area contributed by atoms with E-state index in [4.69, 9.17) is 11.6 Å². The normalized spacial score (nSPS) is 11.8. The second-order valence-electron chi connectivity index (χ2n) is 4.47. The van der Waals surface area contributed by atoms with Gasteiger partial charge < -0.3 is 10.6 Å². The van der Waals surface area contributed by atoms with Crippen LogP contribution in [0.2, 0.25) is 5.02 Å². The number of carbonyl (C=O) groups excluding carboxylic acids is 1. The molecule has 0 saturated carbocycles. The predicted molar refractivity (Wildman–Crippen MR) is 78.4 cm³/mol. The Morgan fingerprint density at radius 1 is 1.14 bits per heavy atom. The Kier molecular flexibility index (Phi) is 4.75. The van der Waals surface area contributed by atoms with E-state index in [1.54, 1.807) is 31.2 Å². The number of hydrogen-bond donors (Lipinski definition) is 2. The highest BCUT2D eigenvalue weighted by molar-refractivity contribution is 6.33. The molecule has 2 rings (SSSR count). The summed E-state index contributed by atoms with van der Waals surface area (Å²) < 4.78 is 26.0. The molecule has 0 spiro atoms. The van der Waals surface area contributed by atoms with Crippen molar-refractivity contribution in [3.8, 4) is 0 Å². The van der Waals surface area contributed by atoms with Crippen molar-refractivity contribution in [2.24, 2.45) is 0 Å². The van der Waals surface area contributed by atoms with Crippen LogP contribution in [0.5, 0.6) is 0 Å². The van der Waals surface area contributed by atoms with E-state index in [9.17, 15) is 13.6 Å². The summed E-state index contributed by atoms with van der Waals surface area (Å²) in [7, 11) is 0. The molecule has 0 aliphatic heterocycles. The number of hydrogen-bond acceptors (Lipinski definition) is 1. The quantitative estimate of drug-likeness (QED) is 0.861. The van der Waals surface area contributed by atoms with Gasteiger partial charge in [0.25, 0.3) is 0 Å². The lowest BCUT2D eigenvalue weighted by Crippen LogP contribution is -2.31. The summed E-state index contributed by atoms with van der Waals surface area (Å²) in [4.78, 5) is 11.9. The molecule has 0 aliphatic carbocycles. The van der Waals surface area contributed by atoms with E-state index in [-0.39, 0.29) is 0 Å². The summed E-state index contributed by atoms with van der Waals surface area (Å²) in [6.07, 6.45) is 0. The van der Waals surface area contributed by atoms with Crippen molar-refractivity contribution in [3.05, 3.63) is 64.7 Å². The maximum Gasteiger partial charge on any atom is 0.319 e. The lowest BCUT2D eigenvalue weighted by Gasteiger charge is -2.15. The van der Waals surface area contributed by atoms with Crippen molar-refractivity contribution in [3.63, 3.8) is 0 Å². The first kappa shape index (κ1) is 15.3. The standard InChI is InChI=1S/C15H13ClF2N2O/c1-9(10-6-7-12(17)13(18)8-10)19-15(21)20-14-5-3-2-4-11(14)16/h2-9H,1H3,(H2,19,20,21). The molecule has 6 heteroatoms. The van der Waals surface area contributed by atoms with Gasteiger partial charge in [-0.05, 0) is 36.8 Å². The van der Waals surface area contributed by atoms with Gasteiger partial charge in [-0.15, -0.1) is 0 Å². The first-order chi connectivity index (χ1) is 9.97. The summed E-state index contributed by atoms with van der Waals surface area (Å²) in [5.74, 6) is -1.88. The first-order valence-corrected chi connectivity index (χ1v) is 6.62. The van der Waals surface area contributed by atoms with Gasteiger partial charge in [-0.3, -0.25) is 0 Å². The van der Waals surface area contributed by atoms with Crippen LogP contribution in [0, 0.1) is 11.6 Å². The lowest BCUT2D eigenvalue weighted by atomic mass is 10.1. The van der Waals surface area contributed by atoms with Crippen LogP contribution in [-0.2, 0) is 0 Å². The van der Waals surface area contributed by atoms with Gasteiger partial charge in [0.1, 0.15) is 0 Å². The minimum Gasteiger partial charge on any atom is -0.331 e. The van der Waals surface area contributed by atoms with E-state index < -0.39 is 23.7 Å². The summed E-state index contributed by atoms with van der Waals surface area (Å²) in [5, 5.41) is 5.62. The van der Waals surface area contributed by atoms with E-state index in [0.29, 0.717) is 16.3 Å². The van der Waals surface area contributed by atoms with Gasteiger partial charge in [-0.1, -0.05) is 29.8 Å². The number of amides is 2. The summed E-state index contributed by atoms with van der Waals surface area (Å²) >= 11 is 5.93. The van der Waals surface area contributed by atoms with Crippen LogP contribution in [0.3, 0.4) is 0 Å². The molecule has 3 nitrogen and oxygen atoms in total. The van der Waals surface area contributed by atoms with Crippen molar-refractivity contribution >= 4 is 23.3 Å². The third-order valence-electron chi connectivity index (χ3n) is 2.91. The van der Waals surface area contributed by atoms with Gasteiger partial charge in [0, 0.05) is 0 Å². The zero-order chi connectivity index (χ0) is 15.4. The number of nitrogens with one attached hydrogen (secondary N) is 2. The highest BCUT2D eigenvalue weighted by Gasteiger charge is 2.12. The molecule has 0 aliphatic rings. The van der Waals surface area contributed by atoms with E-state index in [1.165, 1.54) is 6.07 Å². The maximum atomic E-state index is 13.2. The summed E-state index contributed by atoms with van der Waals surface area (Å²) in [6, 6.07) is 9.31. The van der Waals surface area contributed by atoms with Crippen LogP contribution < -0.4 is 10.6 Å². The van der Waals surface area contributed by atoms with Gasteiger partial charge in [-0.25, -0.2) is 13.6 Å². The van der Waals surface area contributed by atoms with Gasteiger partial charge in [0.2, 0.25) is 0 Å². The molecule has 0 fully saturated rings. The molecule has 21 heavy (non-hydrogen) atoms. The molecule has 0 saturated heterocycles. The van der Waals surface area contributed by atoms with Crippen LogP contribution >= 0.6 is 11.6 Å². The molecule has 0 bridgehead atoms. The van der Waals surface area contributed by atoms with Crippen molar-refractivity contribution in [2.75, 3.05) is 5.32 Å². The number of halogens is 3. The average Bonchev–Trinajstić information content (AvgIpc) is 2.44. The highest BCUT2D eigenvalue weighted by atomic mass is 35.5. The van der Waals surface area contributed by atoms with Gasteiger partial charge in [0.15, 0.2) is 11.6 Å². The Morgan fingerprint density at radius 2 is 1.86 bits per heavy atom. The topological polar surface area (TPSA) is 41.1 Å². The van der Waals surface area contributed by atoms with Crippen molar-refractivity contribution in [2.45, 2.75) is 13.0 Å². The third kappa shape index (κ3) is 3.92. The second kappa shape index (κ2) is 6.54. The van der Waals surface area contributed by atoms with Crippen LogP contribution in [0.15, 0.2) is 42.5 Å². The molecule has 2 aromatic carbocycles. The number of para-hydroxylation sites is 1. The zero-order valence-electron chi connectivity index (χ0n) is 11.2. The van der Waals surface area contributed by atoms with E-state index in [0.717, 1.165) is 12.1 Å². The number of anilines is 1. The number of carbonyl (C=O) groups is 1. The number of rotatable bonds is 3. The molecule has 110 valence electrons. The molecule has 2 N–H and O–H groups in total. The van der Waals surface area contributed by atoms with Crippen LogP contribution in [0.1, 0.15) is 18.5 Å². The van der Waals surface area contributed by atoms with Gasteiger partial charge >= 0.3 is 6.03 Å². The maximum absolute atomic E-state index is 13.2. The molecular weight excluding hydrogens is 298 g/mol. The fourth-order valence-corrected chi connectivity index (χ4v) is 1.97. The van der Waals surface area contributed by atoms with E-state index >= 15 is 0 Å². The molecule has 1 atom stereocenters. The second-order valence-corrected chi connectivity index (χ2v) is 4.88. The van der Waals surface area contributed by atoms with Crippen LogP contribution in [-0.4, -0.2) is 6.03 Å². The van der Waals surface area contributed by atoms with Crippen LogP contribution in [0.4, 0.5) is 19.3 Å². The number of benzene rings is 2. The molecule has 2 aromatic rings. The molecule has 1 unspecified atom stereocenters. The fourth-order valence-electron chi connectivity index (χ4n) is 1.78. The van der Waals surface area contributed by atoms with Crippen LogP contribution in [0.25, 0.3) is 0 Å². The SMILES string of the molecule is CC(NC(=O)Nc1ccccc1Cl)c1ccc(F)c(F)c1. The molecule has 0 radical (unpaired) electrons. The molecular formula is C15H13ClF2N2O. The minimum absolute atomic E-state index is 0.410. The zero-order valence-corrected chi connectivity index (χ0v) is 11.9. The Hall–Kier alpha value is -2.14. The third-order valence-corrected chi connectivity index (χ3v) is 3.24. The first-order valence-electron chi connectivity index (χ1n) is 6.24. The van der Waals surface area contributed by atoms with E-state index in [2.05, 4.69) is 10.6 Å². The Morgan fingerprint density at radius 3 is 2.52 bits per heavy atom. The molecule has 0 aromatic heterocycles. The monoisotopic (exact) mass is 310 g/mol. The Bertz CT molecular complexity index is 664. The summed E-state index contributed by atoms with van der Waals surface area (Å²) in [5.41, 5.74) is 0.928. The Labute approximate surface area is 125 Å². The van der Waals surface area contributed by atoms with Crippen molar-refractivity contribution in [1.29, 1.82) is 0 Å². The summed E-state index contributed by atoms with van der Waals surface area (Å²) in [6.45, 7) is 1.67. The predicted octanol–water partition coefficient (Wildman–Crippen LogP) is 4.50. The van der Waals surface area contributed by atoms with Gasteiger partial charge in [0.05, 0.1) is 16.8 Å². The highest BCUT2D eigenvalue weighted by Crippen LogP contribution is 2.21. The largest absolute Gasteiger partial charge is 0.331 e. The van der Waals surface area contributed by atoms with Crippen molar-refractivity contribution in [1.82, 2.24) is 5.32 Å². The minimum atomic E-state index is -0.951. The Balaban J connectivity index is 2.02. The van der Waals surface area contributed by atoms with Gasteiger partial charge in [-0.2, -0.15) is 0 Å². The molecule has 0 heterocycles. The fraction of sp³-hybridized carbons (Fsp3) is 0.133.